The molecule has 1 fully saturated rings. The minimum absolute atomic E-state index is 0.0127. The van der Waals surface area contributed by atoms with E-state index in [-0.39, 0.29) is 18.9 Å². The lowest BCUT2D eigenvalue weighted by atomic mass is 9.75. The molecule has 0 saturated carbocycles. The summed E-state index contributed by atoms with van der Waals surface area (Å²) in [7, 11) is 0. The standard InChI is InChI=1S/C11H17NO4/c1-4-5-16-10(15)12-7-8(6-9(13)14)11(12,2)3/h4,8H,1,5-7H2,2-3H3,(H,13,14). The van der Waals surface area contributed by atoms with Crippen LogP contribution in [0.4, 0.5) is 4.79 Å². The Morgan fingerprint density at radius 3 is 2.69 bits per heavy atom. The molecule has 0 radical (unpaired) electrons. The first-order valence-electron chi connectivity index (χ1n) is 5.16. The molecule has 1 N–H and O–H groups in total. The fraction of sp³-hybridized carbons (Fsp3) is 0.636. The lowest BCUT2D eigenvalue weighted by Gasteiger charge is -2.53. The molecule has 1 amide bonds. The number of nitrogens with zero attached hydrogens (tertiary/aromatic N) is 1. The van der Waals surface area contributed by atoms with Gasteiger partial charge in [0.2, 0.25) is 0 Å². The van der Waals surface area contributed by atoms with Gasteiger partial charge in [0, 0.05) is 18.0 Å². The molecule has 0 aromatic heterocycles. The van der Waals surface area contributed by atoms with Crippen LogP contribution in [0.2, 0.25) is 0 Å². The summed E-state index contributed by atoms with van der Waals surface area (Å²) in [4.78, 5) is 23.7. The zero-order valence-corrected chi connectivity index (χ0v) is 9.60. The zero-order chi connectivity index (χ0) is 12.3. The quantitative estimate of drug-likeness (QED) is 0.739. The van der Waals surface area contributed by atoms with Gasteiger partial charge in [0.15, 0.2) is 0 Å². The SMILES string of the molecule is C=CCOC(=O)N1CC(CC(=O)O)C1(C)C. The van der Waals surface area contributed by atoms with Gasteiger partial charge in [-0.1, -0.05) is 12.7 Å². The van der Waals surface area contributed by atoms with Crippen LogP contribution in [0.15, 0.2) is 12.7 Å². The van der Waals surface area contributed by atoms with E-state index in [0.717, 1.165) is 0 Å². The summed E-state index contributed by atoms with van der Waals surface area (Å²) in [6, 6.07) is 0. The number of rotatable bonds is 4. The molecule has 1 saturated heterocycles. The summed E-state index contributed by atoms with van der Waals surface area (Å²) >= 11 is 0. The Morgan fingerprint density at radius 1 is 1.62 bits per heavy atom. The molecule has 1 heterocycles. The average molecular weight is 227 g/mol. The molecule has 0 bridgehead atoms. The monoisotopic (exact) mass is 227 g/mol. The molecule has 1 atom stereocenters. The summed E-state index contributed by atoms with van der Waals surface area (Å²) in [6.07, 6.45) is 1.17. The molecule has 16 heavy (non-hydrogen) atoms. The van der Waals surface area contributed by atoms with Crippen molar-refractivity contribution in [1.29, 1.82) is 0 Å². The molecular weight excluding hydrogens is 210 g/mol. The number of carbonyl (C=O) groups is 2. The van der Waals surface area contributed by atoms with E-state index in [9.17, 15) is 9.59 Å². The van der Waals surface area contributed by atoms with E-state index in [1.165, 1.54) is 6.08 Å². The Balaban J connectivity index is 2.52. The molecule has 1 rings (SSSR count). The predicted molar refractivity (Wildman–Crippen MR) is 58.1 cm³/mol. The van der Waals surface area contributed by atoms with E-state index in [2.05, 4.69) is 6.58 Å². The number of carboxylic acids is 1. The number of likely N-dealkylation sites (tertiary alicyclic amines) is 1. The Labute approximate surface area is 94.7 Å². The van der Waals surface area contributed by atoms with Crippen LogP contribution in [0.3, 0.4) is 0 Å². The van der Waals surface area contributed by atoms with Crippen molar-refractivity contribution >= 4 is 12.1 Å². The van der Waals surface area contributed by atoms with Crippen LogP contribution < -0.4 is 0 Å². The summed E-state index contributed by atoms with van der Waals surface area (Å²) in [5.41, 5.74) is -0.448. The van der Waals surface area contributed by atoms with Gasteiger partial charge in [0.25, 0.3) is 0 Å². The van der Waals surface area contributed by atoms with Crippen LogP contribution in [0, 0.1) is 5.92 Å². The van der Waals surface area contributed by atoms with E-state index in [1.807, 2.05) is 13.8 Å². The van der Waals surface area contributed by atoms with Crippen molar-refractivity contribution in [3.63, 3.8) is 0 Å². The minimum atomic E-state index is -0.836. The Morgan fingerprint density at radius 2 is 2.25 bits per heavy atom. The molecule has 1 unspecified atom stereocenters. The summed E-state index contributed by atoms with van der Waals surface area (Å²) < 4.78 is 4.91. The highest BCUT2D eigenvalue weighted by Gasteiger charge is 2.50. The van der Waals surface area contributed by atoms with Crippen LogP contribution in [-0.4, -0.2) is 40.8 Å². The van der Waals surface area contributed by atoms with Crippen LogP contribution in [0.1, 0.15) is 20.3 Å². The molecule has 5 heteroatoms. The third-order valence-corrected chi connectivity index (χ3v) is 3.06. The van der Waals surface area contributed by atoms with Gasteiger partial charge in [-0.2, -0.15) is 0 Å². The van der Waals surface area contributed by atoms with E-state index in [0.29, 0.717) is 6.54 Å². The Hall–Kier alpha value is -1.52. The molecular formula is C11H17NO4. The highest BCUT2D eigenvalue weighted by atomic mass is 16.6. The minimum Gasteiger partial charge on any atom is -0.481 e. The van der Waals surface area contributed by atoms with Gasteiger partial charge in [-0.15, -0.1) is 0 Å². The lowest BCUT2D eigenvalue weighted by Crippen LogP contribution is -2.66. The number of amides is 1. The van der Waals surface area contributed by atoms with Crippen LogP contribution in [0.25, 0.3) is 0 Å². The van der Waals surface area contributed by atoms with Crippen molar-refractivity contribution in [2.24, 2.45) is 5.92 Å². The van der Waals surface area contributed by atoms with Crippen molar-refractivity contribution in [1.82, 2.24) is 4.90 Å². The second kappa shape index (κ2) is 4.55. The molecule has 90 valence electrons. The molecule has 0 aromatic carbocycles. The number of hydrogen-bond acceptors (Lipinski definition) is 3. The van der Waals surface area contributed by atoms with E-state index < -0.39 is 17.6 Å². The van der Waals surface area contributed by atoms with Gasteiger partial charge in [-0.25, -0.2) is 4.79 Å². The maximum atomic E-state index is 11.5. The third-order valence-electron chi connectivity index (χ3n) is 3.06. The second-order valence-electron chi connectivity index (χ2n) is 4.42. The first-order valence-corrected chi connectivity index (χ1v) is 5.16. The van der Waals surface area contributed by atoms with Gasteiger partial charge in [-0.3, -0.25) is 4.79 Å². The molecule has 1 aliphatic heterocycles. The number of carboxylic acid groups (broad SMARTS) is 1. The molecule has 0 aromatic rings. The van der Waals surface area contributed by atoms with Crippen molar-refractivity contribution in [3.8, 4) is 0 Å². The fourth-order valence-corrected chi connectivity index (χ4v) is 1.83. The normalized spacial score (nSPS) is 22.1. The van der Waals surface area contributed by atoms with Gasteiger partial charge < -0.3 is 14.7 Å². The Bertz CT molecular complexity index is 311. The summed E-state index contributed by atoms with van der Waals surface area (Å²) in [5, 5.41) is 8.70. The lowest BCUT2D eigenvalue weighted by molar-refractivity contribution is -0.143. The van der Waals surface area contributed by atoms with E-state index in [4.69, 9.17) is 9.84 Å². The number of ether oxygens (including phenoxy) is 1. The van der Waals surface area contributed by atoms with Gasteiger partial charge >= 0.3 is 12.1 Å². The molecule has 0 spiro atoms. The van der Waals surface area contributed by atoms with E-state index >= 15 is 0 Å². The van der Waals surface area contributed by atoms with Gasteiger partial charge in [-0.05, 0) is 13.8 Å². The van der Waals surface area contributed by atoms with Gasteiger partial charge in [0.05, 0.1) is 6.42 Å². The van der Waals surface area contributed by atoms with E-state index in [1.54, 1.807) is 4.90 Å². The van der Waals surface area contributed by atoms with Crippen molar-refractivity contribution < 1.29 is 19.4 Å². The topological polar surface area (TPSA) is 66.8 Å². The van der Waals surface area contributed by atoms with Crippen LogP contribution in [0.5, 0.6) is 0 Å². The second-order valence-corrected chi connectivity index (χ2v) is 4.42. The molecule has 1 aliphatic rings. The number of hydrogen-bond donors (Lipinski definition) is 1. The number of aliphatic carboxylic acids is 1. The zero-order valence-electron chi connectivity index (χ0n) is 9.60. The molecule has 0 aliphatic carbocycles. The largest absolute Gasteiger partial charge is 0.481 e. The maximum absolute atomic E-state index is 11.5. The maximum Gasteiger partial charge on any atom is 0.410 e. The highest BCUT2D eigenvalue weighted by molar-refractivity contribution is 5.72. The smallest absolute Gasteiger partial charge is 0.410 e. The van der Waals surface area contributed by atoms with Crippen molar-refractivity contribution in [2.45, 2.75) is 25.8 Å². The number of carbonyl (C=O) groups excluding carboxylic acids is 1. The third kappa shape index (κ3) is 2.35. The Kier molecular flexibility index (Phi) is 3.57. The first-order chi connectivity index (χ1) is 7.39. The van der Waals surface area contributed by atoms with Gasteiger partial charge in [0.1, 0.15) is 6.61 Å². The van der Waals surface area contributed by atoms with Crippen molar-refractivity contribution in [2.75, 3.05) is 13.2 Å². The highest BCUT2D eigenvalue weighted by Crippen LogP contribution is 2.38. The average Bonchev–Trinajstić information content (AvgIpc) is 2.20. The predicted octanol–water partition coefficient (Wildman–Crippen LogP) is 1.49. The fourth-order valence-electron chi connectivity index (χ4n) is 1.83. The summed E-state index contributed by atoms with van der Waals surface area (Å²) in [6.45, 7) is 7.76. The van der Waals surface area contributed by atoms with Crippen LogP contribution in [-0.2, 0) is 9.53 Å². The first kappa shape index (κ1) is 12.5. The summed E-state index contributed by atoms with van der Waals surface area (Å²) in [5.74, 6) is -0.849. The van der Waals surface area contributed by atoms with Crippen LogP contribution >= 0.6 is 0 Å². The molecule has 5 nitrogen and oxygen atoms in total. The van der Waals surface area contributed by atoms with Crippen molar-refractivity contribution in [3.05, 3.63) is 12.7 Å².